The predicted molar refractivity (Wildman–Crippen MR) is 402 cm³/mol. The van der Waals surface area contributed by atoms with E-state index in [0.29, 0.717) is 50.9 Å². The van der Waals surface area contributed by atoms with Gasteiger partial charge in [-0.2, -0.15) is 0 Å². The van der Waals surface area contributed by atoms with Crippen LogP contribution in [0.4, 0.5) is 0 Å². The second kappa shape index (κ2) is 37.6. The highest BCUT2D eigenvalue weighted by atomic mass is 35.5. The lowest BCUT2D eigenvalue weighted by Gasteiger charge is -2.17. The number of halogens is 4. The molecule has 111 heavy (non-hydrogen) atoms. The van der Waals surface area contributed by atoms with Gasteiger partial charge in [0.25, 0.3) is 0 Å². The van der Waals surface area contributed by atoms with Gasteiger partial charge in [0.15, 0.2) is 5.78 Å². The molecule has 4 aromatic carbocycles. The maximum atomic E-state index is 12.9. The van der Waals surface area contributed by atoms with Crippen LogP contribution in [0.3, 0.4) is 0 Å². The molecule has 5 saturated heterocycles. The van der Waals surface area contributed by atoms with Crippen molar-refractivity contribution in [2.45, 2.75) is 165 Å². The Bertz CT molecular complexity index is 4470. The second-order valence-electron chi connectivity index (χ2n) is 26.9. The number of allylic oxidation sites excluding steroid dienone is 12. The van der Waals surface area contributed by atoms with Gasteiger partial charge in [-0.05, 0) is 75.1 Å². The van der Waals surface area contributed by atoms with Crippen LogP contribution in [0.15, 0.2) is 137 Å². The van der Waals surface area contributed by atoms with Crippen LogP contribution in [0.1, 0.15) is 130 Å². The summed E-state index contributed by atoms with van der Waals surface area (Å²) in [5.41, 5.74) is 0.467. The van der Waals surface area contributed by atoms with E-state index in [-0.39, 0.29) is 186 Å². The second-order valence-corrected chi connectivity index (χ2v) is 28.4. The molecule has 0 unspecified atom stereocenters. The summed E-state index contributed by atoms with van der Waals surface area (Å²) < 4.78 is 43.7. The van der Waals surface area contributed by atoms with E-state index in [2.05, 4.69) is 15.5 Å². The molecule has 0 bridgehead atoms. The van der Waals surface area contributed by atoms with Gasteiger partial charge < -0.3 is 98.9 Å². The summed E-state index contributed by atoms with van der Waals surface area (Å²) in [6.45, 7) is 8.24. The number of cyclic esters (lactones) is 4. The van der Waals surface area contributed by atoms with Crippen LogP contribution in [0.25, 0.3) is 0 Å². The number of carbonyl (C=O) groups is 6. The molecule has 9 heterocycles. The largest absolute Gasteiger partial charge is 0.507 e. The number of likely N-dealkylation sites (tertiary alicyclic amines) is 1. The predicted octanol–water partition coefficient (Wildman–Crippen LogP) is 11.7. The molecule has 0 aromatic heterocycles. The number of esters is 4. The van der Waals surface area contributed by atoms with Crippen molar-refractivity contribution in [2.75, 3.05) is 19.7 Å². The van der Waals surface area contributed by atoms with Crippen LogP contribution in [-0.2, 0) is 78.0 Å². The molecule has 12 atom stereocenters. The van der Waals surface area contributed by atoms with E-state index in [0.717, 1.165) is 30.7 Å². The summed E-state index contributed by atoms with van der Waals surface area (Å²) in [5, 5.41) is 109. The van der Waals surface area contributed by atoms with Gasteiger partial charge in [0.05, 0.1) is 68.2 Å². The molecule has 5 fully saturated rings. The van der Waals surface area contributed by atoms with Crippen LogP contribution in [0.2, 0.25) is 20.1 Å². The number of rotatable bonds is 4. The van der Waals surface area contributed by atoms with Gasteiger partial charge in [-0.15, -0.1) is 0 Å². The van der Waals surface area contributed by atoms with E-state index in [9.17, 15) is 80.0 Å². The van der Waals surface area contributed by atoms with Gasteiger partial charge in [-0.1, -0.05) is 135 Å². The van der Waals surface area contributed by atoms with Gasteiger partial charge >= 0.3 is 23.9 Å². The zero-order valence-electron chi connectivity index (χ0n) is 60.1. The molecule has 0 radical (unpaired) electrons. The van der Waals surface area contributed by atoms with Crippen molar-refractivity contribution in [3.8, 4) is 46.0 Å². The number of ether oxygens (including phenoxy) is 8. The number of carbonyl (C=O) groups excluding carboxylic acids is 6. The monoisotopic (exact) mass is 1610 g/mol. The molecule has 0 saturated carbocycles. The maximum absolute atomic E-state index is 12.9. The van der Waals surface area contributed by atoms with Crippen molar-refractivity contribution in [1.29, 1.82) is 0 Å². The summed E-state index contributed by atoms with van der Waals surface area (Å²) in [4.78, 5) is 81.7. The minimum atomic E-state index is -0.802. The third-order valence-corrected chi connectivity index (χ3v) is 20.0. The number of nitrogens with zero attached hydrogens (tertiary/aromatic N) is 4. The summed E-state index contributed by atoms with van der Waals surface area (Å²) in [6, 6.07) is 3.92. The van der Waals surface area contributed by atoms with E-state index in [1.165, 1.54) is 18.2 Å². The molecule has 0 aliphatic carbocycles. The standard InChI is InChI=1S/C24H27ClN2O7.2C18H18ClNO6.C18H17ClO6/c1-14-11-20-19(34-20)6-3-2-5-15(26-32-10-9-27-8-4-7-21(27)30)12-16-22(24(31)33-14)17(28)13-18(29)23(16)25;2*1-9-6-15-14(26-15)5-3-2-4-10(20-24)7-11-16(18(23)25-9)12(21)8-13(22)17(11)19;1-9-6-15-14(25-15)5-3-2-4-10(20)7-11-16(18(23)24-9)12(21)8-13(22)17(11)19/h2-3,5-6,13-14,19-20,28-29H,4,7-12H2,1H3;2*2-5,8-9,14-15,21-22,24H,6-7H2,1H3;2-5,8-9,14-15,21-22H,6-7H2,1H3/b5-2+,6-3-,26-15?;2*4-2+,5-3-,20-10?;4-2+,5-3-/t14-,19-,20-;3*9-,14-,15-/m1111/s1. The first-order valence-corrected chi connectivity index (χ1v) is 36.7. The molecule has 0 spiro atoms. The highest BCUT2D eigenvalue weighted by Gasteiger charge is 2.43. The van der Waals surface area contributed by atoms with Crippen LogP contribution >= 0.6 is 46.4 Å². The number of aromatic hydroxyl groups is 8. The fourth-order valence-corrected chi connectivity index (χ4v) is 13.4. The first kappa shape index (κ1) is 83.1. The summed E-state index contributed by atoms with van der Waals surface area (Å²) in [5.74, 6) is -6.79. The van der Waals surface area contributed by atoms with Crippen LogP contribution in [-0.4, -0.2) is 202 Å². The Morgan fingerprint density at radius 2 is 0.712 bits per heavy atom. The van der Waals surface area contributed by atoms with E-state index >= 15 is 0 Å². The maximum Gasteiger partial charge on any atom is 0.342 e. The number of oxime groups is 3. The SMILES string of the molecule is C[C@@H]1C[C@H]2O[C@@H]2/C=C\C=C\C(=NO)Cc2c(Cl)c(O)cc(O)c2C(=O)O1.C[C@@H]1C[C@H]2O[C@@H]2/C=C\C=C\C(=NO)Cc2c(Cl)c(O)cc(O)c2C(=O)O1.C[C@@H]1C[C@H]2O[C@@H]2/C=C\C=C\C(=NOCCN2CCCC2=O)Cc2c(Cl)c(O)cc(O)c2C(=O)O1.C[C@@H]1C[C@H]2O[C@@H]2/C=C\C=C\C(=O)Cc2c(Cl)c(O)cc(O)c2C(=O)O1. The molecule has 10 N–H and O–H groups in total. The van der Waals surface area contributed by atoms with Crippen molar-refractivity contribution < 1.29 is 123 Å². The van der Waals surface area contributed by atoms with Gasteiger partial charge in [0, 0.05) is 94.2 Å². The molecular formula is C78H80Cl4N4O25. The number of hydrogen-bond acceptors (Lipinski definition) is 28. The molecule has 29 nitrogen and oxygen atoms in total. The lowest BCUT2D eigenvalue weighted by molar-refractivity contribution is -0.128. The fourth-order valence-electron chi connectivity index (χ4n) is 12.6. The van der Waals surface area contributed by atoms with Crippen molar-refractivity contribution in [3.63, 3.8) is 0 Å². The minimum absolute atomic E-state index is 0.0187. The summed E-state index contributed by atoms with van der Waals surface area (Å²) in [7, 11) is 0. The third-order valence-electron chi connectivity index (χ3n) is 18.4. The van der Waals surface area contributed by atoms with Gasteiger partial charge in [0.2, 0.25) is 5.91 Å². The number of benzene rings is 4. The highest BCUT2D eigenvalue weighted by molar-refractivity contribution is 6.35. The minimum Gasteiger partial charge on any atom is -0.507 e. The number of phenols is 8. The number of amides is 1. The highest BCUT2D eigenvalue weighted by Crippen LogP contribution is 2.43. The fraction of sp³-hybridized carbons (Fsp3) is 0.372. The first-order valence-electron chi connectivity index (χ1n) is 35.2. The number of hydrogen-bond donors (Lipinski definition) is 10. The van der Waals surface area contributed by atoms with E-state index < -0.39 is 77.0 Å². The van der Waals surface area contributed by atoms with Gasteiger partial charge in [-0.25, -0.2) is 19.2 Å². The normalized spacial score (nSPS) is 29.1. The van der Waals surface area contributed by atoms with Crippen molar-refractivity contribution in [2.24, 2.45) is 15.5 Å². The van der Waals surface area contributed by atoms with Crippen molar-refractivity contribution in [3.05, 3.63) is 186 Å². The Kier molecular flexibility index (Phi) is 28.1. The third kappa shape index (κ3) is 22.2. The molecule has 4 aromatic rings. The Hall–Kier alpha value is -10.4. The average molecular weight is 1620 g/mol. The Morgan fingerprint density at radius 3 is 1.02 bits per heavy atom. The van der Waals surface area contributed by atoms with E-state index in [1.54, 1.807) is 81.2 Å². The van der Waals surface area contributed by atoms with Crippen LogP contribution < -0.4 is 0 Å². The lowest BCUT2D eigenvalue weighted by Crippen LogP contribution is -2.28. The zero-order valence-corrected chi connectivity index (χ0v) is 63.1. The topological polar surface area (TPSA) is 441 Å². The smallest absolute Gasteiger partial charge is 0.342 e. The number of ketones is 1. The number of phenolic OH excluding ortho intramolecular Hbond substituents is 8. The van der Waals surface area contributed by atoms with Crippen LogP contribution in [0.5, 0.6) is 46.0 Å². The zero-order chi connectivity index (χ0) is 80.1. The first-order chi connectivity index (χ1) is 53.0. The van der Waals surface area contributed by atoms with Crippen molar-refractivity contribution in [1.82, 2.24) is 4.90 Å². The molecule has 590 valence electrons. The number of epoxide rings is 4. The summed E-state index contributed by atoms with van der Waals surface area (Å²) >= 11 is 24.6. The van der Waals surface area contributed by atoms with Crippen molar-refractivity contribution >= 4 is 99.1 Å². The Morgan fingerprint density at radius 1 is 0.414 bits per heavy atom. The van der Waals surface area contributed by atoms with Gasteiger partial charge in [-0.3, -0.25) is 9.59 Å². The van der Waals surface area contributed by atoms with Crippen LogP contribution in [0, 0.1) is 0 Å². The molecule has 13 rings (SSSR count). The quantitative estimate of drug-likeness (QED) is 0.0226. The molecule has 9 aliphatic rings. The Labute approximate surface area is 655 Å². The summed E-state index contributed by atoms with van der Waals surface area (Å²) in [6.07, 6.45) is 27.9. The number of fused-ring (bicyclic) bond motifs is 8. The average Bonchev–Trinajstić information content (AvgIpc) is 1.71. The lowest BCUT2D eigenvalue weighted by atomic mass is 9.99. The van der Waals surface area contributed by atoms with Gasteiger partial charge in [0.1, 0.15) is 124 Å². The molecule has 1 amide bonds. The van der Waals surface area contributed by atoms with E-state index in [4.69, 9.17) is 89.1 Å². The van der Waals surface area contributed by atoms with E-state index in [1.807, 2.05) is 30.4 Å². The molecule has 33 heteroatoms. The molecular weight excluding hydrogens is 1530 g/mol. The Balaban J connectivity index is 0.000000159. The molecule has 9 aliphatic heterocycles.